The first-order chi connectivity index (χ1) is 10.5. The van der Waals surface area contributed by atoms with E-state index in [2.05, 4.69) is 0 Å². The molecular weight excluding hydrogens is 358 g/mol. The largest absolute Gasteiger partial charge is 0.400 e. The summed E-state index contributed by atoms with van der Waals surface area (Å²) in [4.78, 5) is 18.1. The second kappa shape index (κ2) is 9.21. The van der Waals surface area contributed by atoms with E-state index in [9.17, 15) is 14.2 Å². The molecule has 2 unspecified atom stereocenters. The van der Waals surface area contributed by atoms with E-state index in [1.54, 1.807) is 27.7 Å². The molecular formula is C13H32N2O7P2. The maximum absolute atomic E-state index is 11.1. The Bertz CT molecular complexity index is 431. The Morgan fingerprint density at radius 3 is 1.42 bits per heavy atom. The van der Waals surface area contributed by atoms with Crippen molar-refractivity contribution in [1.82, 2.24) is 0 Å². The SMILES string of the molecule is CC(C)(CCCC(O)CCCC(C)(C)OP(N)(=O)O)OP(N)(=O)O. The predicted molar refractivity (Wildman–Crippen MR) is 92.1 cm³/mol. The highest BCUT2D eigenvalue weighted by atomic mass is 31.2. The summed E-state index contributed by atoms with van der Waals surface area (Å²) in [5.74, 6) is 0. The van der Waals surface area contributed by atoms with Crippen molar-refractivity contribution in [1.29, 1.82) is 0 Å². The van der Waals surface area contributed by atoms with Crippen LogP contribution in [0.1, 0.15) is 66.2 Å². The van der Waals surface area contributed by atoms with Gasteiger partial charge in [-0.3, -0.25) is 9.05 Å². The van der Waals surface area contributed by atoms with Crippen molar-refractivity contribution in [2.24, 2.45) is 11.0 Å². The van der Waals surface area contributed by atoms with Crippen molar-refractivity contribution in [3.05, 3.63) is 0 Å². The first kappa shape index (κ1) is 24.2. The molecule has 0 radical (unpaired) electrons. The van der Waals surface area contributed by atoms with Crippen molar-refractivity contribution in [3.63, 3.8) is 0 Å². The molecule has 0 saturated carbocycles. The summed E-state index contributed by atoms with van der Waals surface area (Å²) in [6, 6.07) is 0. The van der Waals surface area contributed by atoms with Crippen LogP contribution in [0, 0.1) is 0 Å². The van der Waals surface area contributed by atoms with E-state index in [0.29, 0.717) is 38.5 Å². The number of aliphatic hydroxyl groups is 1. The van der Waals surface area contributed by atoms with Crippen molar-refractivity contribution in [3.8, 4) is 0 Å². The minimum Gasteiger partial charge on any atom is -0.393 e. The van der Waals surface area contributed by atoms with E-state index in [-0.39, 0.29) is 0 Å². The first-order valence-electron chi connectivity index (χ1n) is 7.84. The van der Waals surface area contributed by atoms with Crippen LogP contribution in [0.4, 0.5) is 0 Å². The normalized spacial score (nSPS) is 19.5. The van der Waals surface area contributed by atoms with Gasteiger partial charge in [0.15, 0.2) is 0 Å². The Kier molecular flexibility index (Phi) is 9.28. The van der Waals surface area contributed by atoms with Crippen LogP contribution in [0.3, 0.4) is 0 Å². The standard InChI is InChI=1S/C13H32N2O7P2/c1-12(2,21-23(14,17)18)9-5-7-11(16)8-6-10-13(3,4)22-24(15,19)20/h11,16H,5-10H2,1-4H3,(H3,14,17,18)(H3,15,19,20). The van der Waals surface area contributed by atoms with Gasteiger partial charge in [0.2, 0.25) is 0 Å². The monoisotopic (exact) mass is 390 g/mol. The van der Waals surface area contributed by atoms with Crippen LogP contribution in [-0.4, -0.2) is 32.2 Å². The second-order valence-electron chi connectivity index (χ2n) is 7.27. The van der Waals surface area contributed by atoms with Crippen molar-refractivity contribution >= 4 is 15.5 Å². The Balaban J connectivity index is 4.05. The molecule has 0 aliphatic carbocycles. The van der Waals surface area contributed by atoms with Gasteiger partial charge < -0.3 is 14.9 Å². The maximum Gasteiger partial charge on any atom is 0.400 e. The van der Waals surface area contributed by atoms with E-state index in [4.69, 9.17) is 29.8 Å². The number of hydrogen-bond donors (Lipinski definition) is 5. The molecule has 2 atom stereocenters. The molecule has 0 amide bonds. The lowest BCUT2D eigenvalue weighted by Crippen LogP contribution is -2.26. The minimum absolute atomic E-state index is 0.473. The lowest BCUT2D eigenvalue weighted by Gasteiger charge is -2.27. The summed E-state index contributed by atoms with van der Waals surface area (Å²) in [6.07, 6.45) is 2.61. The molecule has 0 aliphatic heterocycles. The van der Waals surface area contributed by atoms with E-state index < -0.39 is 32.8 Å². The third kappa shape index (κ3) is 14.5. The molecule has 0 heterocycles. The molecule has 0 rings (SSSR count). The molecule has 24 heavy (non-hydrogen) atoms. The molecule has 11 heteroatoms. The summed E-state index contributed by atoms with van der Waals surface area (Å²) in [5, 5.41) is 9.97. The number of hydrogen-bond acceptors (Lipinski definition) is 5. The highest BCUT2D eigenvalue weighted by molar-refractivity contribution is 7.50. The van der Waals surface area contributed by atoms with E-state index in [1.807, 2.05) is 0 Å². The molecule has 9 nitrogen and oxygen atoms in total. The van der Waals surface area contributed by atoms with Crippen molar-refractivity contribution in [2.75, 3.05) is 0 Å². The third-order valence-electron chi connectivity index (χ3n) is 3.39. The number of nitrogens with two attached hydrogens (primary N) is 2. The van der Waals surface area contributed by atoms with Crippen LogP contribution in [0.5, 0.6) is 0 Å². The highest BCUT2D eigenvalue weighted by Gasteiger charge is 2.28. The average Bonchev–Trinajstić information content (AvgIpc) is 2.20. The van der Waals surface area contributed by atoms with Crippen LogP contribution in [0.2, 0.25) is 0 Å². The quantitative estimate of drug-likeness (QED) is 0.314. The lowest BCUT2D eigenvalue weighted by molar-refractivity contribution is 0.0665. The summed E-state index contributed by atoms with van der Waals surface area (Å²) in [7, 11) is -8.07. The fraction of sp³-hybridized carbons (Fsp3) is 1.00. The Morgan fingerprint density at radius 1 is 0.875 bits per heavy atom. The van der Waals surface area contributed by atoms with E-state index in [0.717, 1.165) is 0 Å². The summed E-state index contributed by atoms with van der Waals surface area (Å²) in [6.45, 7) is 6.65. The Hall–Kier alpha value is 0.180. The molecule has 0 bridgehead atoms. The summed E-state index contributed by atoms with van der Waals surface area (Å²) < 4.78 is 31.9. The van der Waals surface area contributed by atoms with Gasteiger partial charge in [0, 0.05) is 0 Å². The lowest BCUT2D eigenvalue weighted by atomic mass is 9.96. The average molecular weight is 390 g/mol. The van der Waals surface area contributed by atoms with Crippen molar-refractivity contribution in [2.45, 2.75) is 83.5 Å². The zero-order chi connectivity index (χ0) is 19.2. The molecule has 0 aromatic carbocycles. The van der Waals surface area contributed by atoms with Gasteiger partial charge in [0.25, 0.3) is 0 Å². The molecule has 7 N–H and O–H groups in total. The predicted octanol–water partition coefficient (Wildman–Crippen LogP) is 2.40. The van der Waals surface area contributed by atoms with Gasteiger partial charge in [-0.2, -0.15) is 0 Å². The fourth-order valence-electron chi connectivity index (χ4n) is 2.47. The van der Waals surface area contributed by atoms with Crippen LogP contribution in [0.25, 0.3) is 0 Å². The molecule has 0 aromatic heterocycles. The smallest absolute Gasteiger partial charge is 0.393 e. The molecule has 0 aromatic rings. The van der Waals surface area contributed by atoms with Crippen LogP contribution in [-0.2, 0) is 18.2 Å². The third-order valence-corrected chi connectivity index (χ3v) is 4.90. The van der Waals surface area contributed by atoms with Crippen LogP contribution < -0.4 is 11.0 Å². The van der Waals surface area contributed by atoms with Gasteiger partial charge in [0.1, 0.15) is 0 Å². The Labute approximate surface area is 143 Å². The van der Waals surface area contributed by atoms with Gasteiger partial charge in [-0.15, -0.1) is 0 Å². The van der Waals surface area contributed by atoms with Gasteiger partial charge in [-0.05, 0) is 66.2 Å². The molecule has 0 fully saturated rings. The van der Waals surface area contributed by atoms with E-state index in [1.165, 1.54) is 0 Å². The van der Waals surface area contributed by atoms with Gasteiger partial charge in [0.05, 0.1) is 17.3 Å². The maximum atomic E-state index is 11.1. The second-order valence-corrected chi connectivity index (χ2v) is 9.89. The van der Waals surface area contributed by atoms with E-state index >= 15 is 0 Å². The first-order valence-corrected chi connectivity index (χ1v) is 11.1. The molecule has 0 aliphatic rings. The highest BCUT2D eigenvalue weighted by Crippen LogP contribution is 2.40. The van der Waals surface area contributed by atoms with Crippen LogP contribution in [0.15, 0.2) is 0 Å². The van der Waals surface area contributed by atoms with Crippen LogP contribution >= 0.6 is 15.5 Å². The fourth-order valence-corrected chi connectivity index (χ4v) is 4.07. The minimum atomic E-state index is -4.03. The number of rotatable bonds is 12. The topological polar surface area (TPSA) is 165 Å². The van der Waals surface area contributed by atoms with Gasteiger partial charge >= 0.3 is 15.5 Å². The summed E-state index contributed by atoms with van der Waals surface area (Å²) >= 11 is 0. The van der Waals surface area contributed by atoms with Gasteiger partial charge in [-0.25, -0.2) is 20.1 Å². The molecule has 0 saturated heterocycles. The molecule has 146 valence electrons. The zero-order valence-electron chi connectivity index (χ0n) is 14.8. The van der Waals surface area contributed by atoms with Gasteiger partial charge in [-0.1, -0.05) is 0 Å². The van der Waals surface area contributed by atoms with Crippen molar-refractivity contribution < 1.29 is 33.1 Å². The summed E-state index contributed by atoms with van der Waals surface area (Å²) in [5.41, 5.74) is 8.27. The number of aliphatic hydroxyl groups excluding tert-OH is 1. The zero-order valence-corrected chi connectivity index (χ0v) is 16.6. The molecule has 0 spiro atoms. The Morgan fingerprint density at radius 2 is 1.17 bits per heavy atom.